The van der Waals surface area contributed by atoms with Crippen molar-refractivity contribution in [2.24, 2.45) is 0 Å². The standard InChI is InChI=1S/C23H22N2O5/c1-3-29-22-13-18(10-12-21(22)30-15-17-7-5-4-6-8-17)23(26)24-19-11-9-16(2)20(14-19)25(27)28/h4-14H,3,15H2,1-2H3,(H,24,26). The van der Waals surface area contributed by atoms with Crippen LogP contribution in [0.1, 0.15) is 28.4 Å². The molecular weight excluding hydrogens is 384 g/mol. The lowest BCUT2D eigenvalue weighted by Gasteiger charge is -2.14. The predicted molar refractivity (Wildman–Crippen MR) is 114 cm³/mol. The van der Waals surface area contributed by atoms with Gasteiger partial charge in [-0.3, -0.25) is 14.9 Å². The Balaban J connectivity index is 1.77. The topological polar surface area (TPSA) is 90.7 Å². The first-order chi connectivity index (χ1) is 14.5. The lowest BCUT2D eigenvalue weighted by atomic mass is 10.1. The maximum Gasteiger partial charge on any atom is 0.274 e. The summed E-state index contributed by atoms with van der Waals surface area (Å²) >= 11 is 0. The van der Waals surface area contributed by atoms with E-state index in [0.29, 0.717) is 41.5 Å². The van der Waals surface area contributed by atoms with Crippen molar-refractivity contribution in [3.8, 4) is 11.5 Å². The number of ether oxygens (including phenoxy) is 2. The van der Waals surface area contributed by atoms with Crippen molar-refractivity contribution < 1.29 is 19.2 Å². The Labute approximate surface area is 174 Å². The summed E-state index contributed by atoms with van der Waals surface area (Å²) in [5, 5.41) is 13.8. The highest BCUT2D eigenvalue weighted by atomic mass is 16.6. The fourth-order valence-electron chi connectivity index (χ4n) is 2.86. The van der Waals surface area contributed by atoms with Crippen molar-refractivity contribution in [1.29, 1.82) is 0 Å². The number of aryl methyl sites for hydroxylation is 1. The molecule has 0 bridgehead atoms. The van der Waals surface area contributed by atoms with Crippen LogP contribution >= 0.6 is 0 Å². The van der Waals surface area contributed by atoms with Crippen LogP contribution in [-0.2, 0) is 6.61 Å². The first-order valence-electron chi connectivity index (χ1n) is 9.48. The molecule has 30 heavy (non-hydrogen) atoms. The van der Waals surface area contributed by atoms with Crippen molar-refractivity contribution in [2.45, 2.75) is 20.5 Å². The molecule has 3 aromatic carbocycles. The maximum atomic E-state index is 12.6. The van der Waals surface area contributed by atoms with Gasteiger partial charge in [-0.25, -0.2) is 0 Å². The van der Waals surface area contributed by atoms with Crippen LogP contribution in [0.2, 0.25) is 0 Å². The van der Waals surface area contributed by atoms with E-state index < -0.39 is 10.8 Å². The molecule has 1 N–H and O–H groups in total. The van der Waals surface area contributed by atoms with E-state index in [1.54, 1.807) is 37.3 Å². The van der Waals surface area contributed by atoms with E-state index in [9.17, 15) is 14.9 Å². The second-order valence-electron chi connectivity index (χ2n) is 6.58. The molecule has 0 saturated heterocycles. The summed E-state index contributed by atoms with van der Waals surface area (Å²) in [6, 6.07) is 19.2. The zero-order chi connectivity index (χ0) is 21.5. The Morgan fingerprint density at radius 3 is 2.47 bits per heavy atom. The number of anilines is 1. The minimum atomic E-state index is -0.475. The van der Waals surface area contributed by atoms with Gasteiger partial charge in [0.1, 0.15) is 6.61 Å². The molecule has 0 aliphatic rings. The van der Waals surface area contributed by atoms with Gasteiger partial charge in [-0.05, 0) is 43.7 Å². The van der Waals surface area contributed by atoms with E-state index >= 15 is 0 Å². The summed E-state index contributed by atoms with van der Waals surface area (Å²) in [5.41, 5.74) is 2.19. The van der Waals surface area contributed by atoms with Gasteiger partial charge in [0.25, 0.3) is 11.6 Å². The molecule has 0 saturated carbocycles. The molecule has 3 rings (SSSR count). The van der Waals surface area contributed by atoms with Crippen LogP contribution in [0.3, 0.4) is 0 Å². The molecule has 0 fully saturated rings. The maximum absolute atomic E-state index is 12.6. The van der Waals surface area contributed by atoms with E-state index in [2.05, 4.69) is 5.32 Å². The van der Waals surface area contributed by atoms with Crippen LogP contribution in [-0.4, -0.2) is 17.4 Å². The molecule has 0 atom stereocenters. The lowest BCUT2D eigenvalue weighted by Crippen LogP contribution is -2.12. The molecule has 7 heteroatoms. The van der Waals surface area contributed by atoms with E-state index in [-0.39, 0.29) is 5.69 Å². The van der Waals surface area contributed by atoms with E-state index in [4.69, 9.17) is 9.47 Å². The van der Waals surface area contributed by atoms with Crippen molar-refractivity contribution in [2.75, 3.05) is 11.9 Å². The van der Waals surface area contributed by atoms with Crippen molar-refractivity contribution >= 4 is 17.3 Å². The van der Waals surface area contributed by atoms with Crippen molar-refractivity contribution in [3.63, 3.8) is 0 Å². The third kappa shape index (κ3) is 5.14. The number of nitrogens with one attached hydrogen (secondary N) is 1. The van der Waals surface area contributed by atoms with Gasteiger partial charge >= 0.3 is 0 Å². The summed E-state index contributed by atoms with van der Waals surface area (Å²) < 4.78 is 11.5. The fraction of sp³-hybridized carbons (Fsp3) is 0.174. The van der Waals surface area contributed by atoms with Gasteiger partial charge in [0.2, 0.25) is 0 Å². The third-order valence-electron chi connectivity index (χ3n) is 4.41. The number of carbonyl (C=O) groups excluding carboxylic acids is 1. The molecule has 1 amide bonds. The van der Waals surface area contributed by atoms with Gasteiger partial charge in [-0.2, -0.15) is 0 Å². The highest BCUT2D eigenvalue weighted by Gasteiger charge is 2.15. The normalized spacial score (nSPS) is 10.3. The van der Waals surface area contributed by atoms with E-state index in [1.807, 2.05) is 37.3 Å². The minimum Gasteiger partial charge on any atom is -0.490 e. The summed E-state index contributed by atoms with van der Waals surface area (Å²) in [7, 11) is 0. The van der Waals surface area contributed by atoms with Crippen LogP contribution in [0.25, 0.3) is 0 Å². The molecule has 0 unspecified atom stereocenters. The second kappa shape index (κ2) is 9.56. The van der Waals surface area contributed by atoms with Gasteiger partial charge in [0.15, 0.2) is 11.5 Å². The summed E-state index contributed by atoms with van der Waals surface area (Å²) in [6.45, 7) is 4.28. The average Bonchev–Trinajstić information content (AvgIpc) is 2.75. The Morgan fingerprint density at radius 1 is 1.00 bits per heavy atom. The highest BCUT2D eigenvalue weighted by molar-refractivity contribution is 6.04. The average molecular weight is 406 g/mol. The second-order valence-corrected chi connectivity index (χ2v) is 6.58. The number of benzene rings is 3. The Bertz CT molecular complexity index is 1050. The zero-order valence-corrected chi connectivity index (χ0v) is 16.8. The molecule has 0 heterocycles. The smallest absolute Gasteiger partial charge is 0.274 e. The Morgan fingerprint density at radius 2 is 1.77 bits per heavy atom. The van der Waals surface area contributed by atoms with Gasteiger partial charge in [-0.1, -0.05) is 36.4 Å². The lowest BCUT2D eigenvalue weighted by molar-refractivity contribution is -0.385. The number of hydrogen-bond acceptors (Lipinski definition) is 5. The molecule has 0 radical (unpaired) electrons. The number of nitrogens with zero attached hydrogens (tertiary/aromatic N) is 1. The van der Waals surface area contributed by atoms with Crippen LogP contribution in [0.4, 0.5) is 11.4 Å². The minimum absolute atomic E-state index is 0.0486. The summed E-state index contributed by atoms with van der Waals surface area (Å²) in [6.07, 6.45) is 0. The molecule has 0 aromatic heterocycles. The van der Waals surface area contributed by atoms with Gasteiger partial charge in [0.05, 0.1) is 11.5 Å². The number of rotatable bonds is 8. The van der Waals surface area contributed by atoms with Gasteiger partial charge in [-0.15, -0.1) is 0 Å². The largest absolute Gasteiger partial charge is 0.490 e. The van der Waals surface area contributed by atoms with E-state index in [0.717, 1.165) is 5.56 Å². The number of amides is 1. The van der Waals surface area contributed by atoms with Gasteiger partial charge in [0, 0.05) is 22.9 Å². The first-order valence-corrected chi connectivity index (χ1v) is 9.48. The monoisotopic (exact) mass is 406 g/mol. The molecule has 154 valence electrons. The predicted octanol–water partition coefficient (Wildman–Crippen LogP) is 5.13. The van der Waals surface area contributed by atoms with Crippen LogP contribution < -0.4 is 14.8 Å². The molecule has 7 nitrogen and oxygen atoms in total. The summed E-state index contributed by atoms with van der Waals surface area (Å²) in [4.78, 5) is 23.3. The highest BCUT2D eigenvalue weighted by Crippen LogP contribution is 2.30. The SMILES string of the molecule is CCOc1cc(C(=O)Nc2ccc(C)c([N+](=O)[O-])c2)ccc1OCc1ccccc1. The summed E-state index contributed by atoms with van der Waals surface area (Å²) in [5.74, 6) is 0.586. The molecular formula is C23H22N2O5. The zero-order valence-electron chi connectivity index (χ0n) is 16.8. The molecule has 0 aliphatic carbocycles. The van der Waals surface area contributed by atoms with Crippen LogP contribution in [0.5, 0.6) is 11.5 Å². The number of nitro groups is 1. The number of carbonyl (C=O) groups is 1. The Hall–Kier alpha value is -3.87. The van der Waals surface area contributed by atoms with Crippen LogP contribution in [0, 0.1) is 17.0 Å². The number of hydrogen-bond donors (Lipinski definition) is 1. The van der Waals surface area contributed by atoms with Gasteiger partial charge < -0.3 is 14.8 Å². The molecule has 0 spiro atoms. The molecule has 3 aromatic rings. The van der Waals surface area contributed by atoms with Crippen LogP contribution in [0.15, 0.2) is 66.7 Å². The third-order valence-corrected chi connectivity index (χ3v) is 4.41. The quantitative estimate of drug-likeness (QED) is 0.413. The first kappa shape index (κ1) is 20.9. The van der Waals surface area contributed by atoms with E-state index in [1.165, 1.54) is 6.07 Å². The van der Waals surface area contributed by atoms with Crippen molar-refractivity contribution in [1.82, 2.24) is 0 Å². The fourth-order valence-corrected chi connectivity index (χ4v) is 2.86. The van der Waals surface area contributed by atoms with Crippen molar-refractivity contribution in [3.05, 3.63) is 93.5 Å². The Kier molecular flexibility index (Phi) is 6.64. The molecule has 0 aliphatic heterocycles. The number of nitro benzene ring substituents is 1.